The number of carbonyl (C=O) groups is 1. The Balaban J connectivity index is 3.58. The maximum absolute atomic E-state index is 12.5. The van der Waals surface area contributed by atoms with Crippen molar-refractivity contribution in [1.29, 1.82) is 0 Å². The molecule has 0 heterocycles. The van der Waals surface area contributed by atoms with Crippen molar-refractivity contribution in [2.45, 2.75) is 327 Å². The highest BCUT2D eigenvalue weighted by atomic mass is 16.3. The molecule has 0 saturated carbocycles. The summed E-state index contributed by atoms with van der Waals surface area (Å²) in [4.78, 5) is 12.5. The summed E-state index contributed by atoms with van der Waals surface area (Å²) >= 11 is 0. The minimum absolute atomic E-state index is 0.379. The quantitative estimate of drug-likeness (QED) is 0.0362. The summed E-state index contributed by atoms with van der Waals surface area (Å²) in [6.07, 6.45) is 70.9. The summed E-state index contributed by atoms with van der Waals surface area (Å²) in [6.45, 7) is 4.20. The van der Waals surface area contributed by atoms with Gasteiger partial charge in [0.15, 0.2) is 0 Å². The number of hydrogen-bond acceptors (Lipinski definition) is 4. The number of hydrogen-bond donors (Lipinski definition) is 4. The summed E-state index contributed by atoms with van der Waals surface area (Å²) in [6, 6.07) is -0.820. The van der Waals surface area contributed by atoms with Gasteiger partial charge in [-0.05, 0) is 44.9 Å². The van der Waals surface area contributed by atoms with Crippen molar-refractivity contribution < 1.29 is 20.1 Å². The van der Waals surface area contributed by atoms with Crippen LogP contribution in [0.4, 0.5) is 0 Å². The van der Waals surface area contributed by atoms with Gasteiger partial charge < -0.3 is 20.6 Å². The second kappa shape index (κ2) is 54.2. The molecule has 0 aromatic heterocycles. The first-order valence-corrected chi connectivity index (χ1v) is 28.8. The van der Waals surface area contributed by atoms with E-state index in [1.54, 1.807) is 6.08 Å². The van der Waals surface area contributed by atoms with Crippen molar-refractivity contribution in [3.8, 4) is 0 Å². The van der Waals surface area contributed by atoms with Crippen LogP contribution in [0.5, 0.6) is 0 Å². The van der Waals surface area contributed by atoms with Crippen molar-refractivity contribution in [1.82, 2.24) is 5.32 Å². The molecular formula is C59H113NO4. The van der Waals surface area contributed by atoms with E-state index in [2.05, 4.69) is 43.5 Å². The van der Waals surface area contributed by atoms with Gasteiger partial charge in [-0.25, -0.2) is 0 Å². The molecule has 0 aliphatic heterocycles. The Morgan fingerprint density at radius 2 is 0.641 bits per heavy atom. The molecule has 0 rings (SSSR count). The number of carbonyl (C=O) groups excluding carboxylic acids is 1. The first kappa shape index (κ1) is 62.6. The van der Waals surface area contributed by atoms with Crippen LogP contribution >= 0.6 is 0 Å². The van der Waals surface area contributed by atoms with Gasteiger partial charge in [-0.2, -0.15) is 0 Å². The molecule has 3 atom stereocenters. The normalized spacial score (nSPS) is 13.5. The van der Waals surface area contributed by atoms with E-state index in [4.69, 9.17) is 0 Å². The van der Waals surface area contributed by atoms with E-state index in [9.17, 15) is 20.1 Å². The van der Waals surface area contributed by atoms with Gasteiger partial charge in [0.25, 0.3) is 0 Å². The monoisotopic (exact) mass is 900 g/mol. The van der Waals surface area contributed by atoms with Crippen LogP contribution in [-0.4, -0.2) is 46.1 Å². The topological polar surface area (TPSA) is 89.8 Å². The molecule has 0 aromatic carbocycles. The maximum Gasteiger partial charge on any atom is 0.249 e. The third kappa shape index (κ3) is 48.5. The molecule has 0 aliphatic rings. The highest BCUT2D eigenvalue weighted by Crippen LogP contribution is 2.18. The van der Waals surface area contributed by atoms with Gasteiger partial charge in [0, 0.05) is 0 Å². The number of rotatable bonds is 53. The van der Waals surface area contributed by atoms with Crippen LogP contribution in [0, 0.1) is 0 Å². The highest BCUT2D eigenvalue weighted by Gasteiger charge is 2.22. The summed E-state index contributed by atoms with van der Waals surface area (Å²) in [5.74, 6) is -0.512. The third-order valence-electron chi connectivity index (χ3n) is 13.5. The summed E-state index contributed by atoms with van der Waals surface area (Å²) in [5.41, 5.74) is 0. The number of nitrogens with one attached hydrogen (secondary N) is 1. The molecule has 4 N–H and O–H groups in total. The second-order valence-corrected chi connectivity index (χ2v) is 19.8. The predicted molar refractivity (Wildman–Crippen MR) is 282 cm³/mol. The van der Waals surface area contributed by atoms with Gasteiger partial charge in [0.1, 0.15) is 6.10 Å². The van der Waals surface area contributed by atoms with E-state index in [1.807, 2.05) is 6.08 Å². The lowest BCUT2D eigenvalue weighted by Crippen LogP contribution is -2.48. The zero-order valence-electron chi connectivity index (χ0n) is 43.2. The first-order valence-electron chi connectivity index (χ1n) is 28.8. The van der Waals surface area contributed by atoms with Crippen molar-refractivity contribution in [2.24, 2.45) is 0 Å². The Morgan fingerprint density at radius 3 is 0.953 bits per heavy atom. The summed E-state index contributed by atoms with van der Waals surface area (Å²) < 4.78 is 0. The van der Waals surface area contributed by atoms with E-state index in [-0.39, 0.29) is 6.61 Å². The van der Waals surface area contributed by atoms with Crippen LogP contribution < -0.4 is 5.32 Å². The van der Waals surface area contributed by atoms with Crippen LogP contribution in [0.3, 0.4) is 0 Å². The molecular weight excluding hydrogens is 787 g/mol. The highest BCUT2D eigenvalue weighted by molar-refractivity contribution is 5.80. The Labute approximate surface area is 400 Å². The van der Waals surface area contributed by atoms with Gasteiger partial charge in [0.2, 0.25) is 5.91 Å². The van der Waals surface area contributed by atoms with Gasteiger partial charge in [-0.1, -0.05) is 301 Å². The van der Waals surface area contributed by atoms with Crippen molar-refractivity contribution in [2.75, 3.05) is 6.61 Å². The van der Waals surface area contributed by atoms with Gasteiger partial charge in [0.05, 0.1) is 18.8 Å². The zero-order valence-corrected chi connectivity index (χ0v) is 43.2. The lowest BCUT2D eigenvalue weighted by atomic mass is 10.0. The van der Waals surface area contributed by atoms with Crippen LogP contribution in [0.25, 0.3) is 0 Å². The number of allylic oxidation sites excluding steroid dienone is 5. The third-order valence-corrected chi connectivity index (χ3v) is 13.5. The minimum atomic E-state index is -1.11. The molecule has 0 radical (unpaired) electrons. The van der Waals surface area contributed by atoms with Crippen LogP contribution in [0.2, 0.25) is 0 Å². The zero-order chi connectivity index (χ0) is 46.5. The average molecular weight is 901 g/mol. The predicted octanol–water partition coefficient (Wildman–Crippen LogP) is 17.8. The molecule has 0 fully saturated rings. The first-order chi connectivity index (χ1) is 31.6. The largest absolute Gasteiger partial charge is 0.394 e. The second-order valence-electron chi connectivity index (χ2n) is 19.8. The van der Waals surface area contributed by atoms with Crippen molar-refractivity contribution in [3.05, 3.63) is 36.5 Å². The summed E-state index contributed by atoms with van der Waals surface area (Å²) in [7, 11) is 0. The van der Waals surface area contributed by atoms with Crippen LogP contribution in [-0.2, 0) is 4.79 Å². The van der Waals surface area contributed by atoms with E-state index in [0.717, 1.165) is 44.9 Å². The standard InChI is InChI=1S/C59H113NO4/c1-3-5-7-9-11-13-15-17-19-21-23-25-26-27-28-29-30-31-32-34-36-38-40-42-44-46-48-50-52-54-58(63)59(64)60-56(55-61)57(62)53-51-49-47-45-43-41-39-37-35-33-24-22-20-18-16-14-12-10-8-6-4-2/h35,37,43,45,51,53,56-58,61-63H,3-34,36,38-42,44,46-50,52,54-55H2,1-2H3,(H,60,64)/b37-35+,45-43+,53-51+. The molecule has 1 amide bonds. The number of aliphatic hydroxyl groups excluding tert-OH is 3. The van der Waals surface area contributed by atoms with Crippen LogP contribution in [0.1, 0.15) is 309 Å². The molecule has 0 aromatic rings. The van der Waals surface area contributed by atoms with Crippen molar-refractivity contribution >= 4 is 5.91 Å². The molecule has 64 heavy (non-hydrogen) atoms. The number of aliphatic hydroxyl groups is 3. The SMILES string of the molecule is CCCCCCCCCCCCC/C=C/CC/C=C/CC/C=C/C(O)C(CO)NC(=O)C(O)CCCCCCCCCCCCCCCCCCCCCCCCCCCCCCC. The molecule has 5 heteroatoms. The number of unbranched alkanes of at least 4 members (excludes halogenated alkanes) is 41. The van der Waals surface area contributed by atoms with Crippen LogP contribution in [0.15, 0.2) is 36.5 Å². The molecule has 378 valence electrons. The average Bonchev–Trinajstić information content (AvgIpc) is 3.30. The molecule has 0 bridgehead atoms. The maximum atomic E-state index is 12.5. The van der Waals surface area contributed by atoms with E-state index in [0.29, 0.717) is 6.42 Å². The molecule has 5 nitrogen and oxygen atoms in total. The fraction of sp³-hybridized carbons (Fsp3) is 0.881. The van der Waals surface area contributed by atoms with E-state index >= 15 is 0 Å². The van der Waals surface area contributed by atoms with Gasteiger partial charge in [-0.15, -0.1) is 0 Å². The molecule has 0 spiro atoms. The van der Waals surface area contributed by atoms with Gasteiger partial charge >= 0.3 is 0 Å². The fourth-order valence-corrected chi connectivity index (χ4v) is 8.99. The molecule has 0 saturated heterocycles. The van der Waals surface area contributed by atoms with E-state index < -0.39 is 24.2 Å². The fourth-order valence-electron chi connectivity index (χ4n) is 8.99. The molecule has 3 unspecified atom stereocenters. The van der Waals surface area contributed by atoms with Gasteiger partial charge in [-0.3, -0.25) is 4.79 Å². The lowest BCUT2D eigenvalue weighted by molar-refractivity contribution is -0.131. The Kier molecular flexibility index (Phi) is 53.0. The Hall–Kier alpha value is -1.43. The summed E-state index contributed by atoms with van der Waals surface area (Å²) in [5, 5.41) is 33.3. The molecule has 0 aliphatic carbocycles. The number of amides is 1. The minimum Gasteiger partial charge on any atom is -0.394 e. The lowest BCUT2D eigenvalue weighted by Gasteiger charge is -2.21. The Morgan fingerprint density at radius 1 is 0.375 bits per heavy atom. The smallest absolute Gasteiger partial charge is 0.249 e. The van der Waals surface area contributed by atoms with Crippen molar-refractivity contribution in [3.63, 3.8) is 0 Å². The Bertz CT molecular complexity index is 993. The van der Waals surface area contributed by atoms with E-state index in [1.165, 1.54) is 244 Å².